The van der Waals surface area contributed by atoms with Gasteiger partial charge in [-0.25, -0.2) is 0 Å². The average molecular weight is 314 g/mol. The molecule has 1 unspecified atom stereocenters. The minimum absolute atomic E-state index is 0.115. The van der Waals surface area contributed by atoms with Crippen LogP contribution in [0.2, 0.25) is 0 Å². The molecule has 1 amide bonds. The van der Waals surface area contributed by atoms with E-state index in [2.05, 4.69) is 21.0 Å². The summed E-state index contributed by atoms with van der Waals surface area (Å²) in [6.07, 6.45) is 4.63. The Bertz CT molecular complexity index is 430. The van der Waals surface area contributed by atoms with Gasteiger partial charge in [0.25, 0.3) is 5.91 Å². The van der Waals surface area contributed by atoms with Crippen molar-refractivity contribution in [3.05, 3.63) is 17.5 Å². The monoisotopic (exact) mass is 313 g/mol. The summed E-state index contributed by atoms with van der Waals surface area (Å²) in [6, 6.07) is 2.19. The summed E-state index contributed by atoms with van der Waals surface area (Å²) < 4.78 is 1.69. The van der Waals surface area contributed by atoms with Gasteiger partial charge in [-0.2, -0.15) is 5.10 Å². The first-order chi connectivity index (χ1) is 8.63. The van der Waals surface area contributed by atoms with Gasteiger partial charge in [0.15, 0.2) is 0 Å². The third kappa shape index (κ3) is 2.76. The van der Waals surface area contributed by atoms with E-state index in [1.54, 1.807) is 4.68 Å². The number of aryl methyl sites for hydroxylation is 2. The topological polar surface area (TPSA) is 38.1 Å². The summed E-state index contributed by atoms with van der Waals surface area (Å²) in [5.74, 6) is 0.115. The molecule has 0 radical (unpaired) electrons. The first kappa shape index (κ1) is 13.6. The largest absolute Gasteiger partial charge is 0.334 e. The molecule has 0 saturated carbocycles. The van der Waals surface area contributed by atoms with Crippen molar-refractivity contribution < 1.29 is 4.79 Å². The number of nitrogens with zero attached hydrogens (tertiary/aromatic N) is 3. The Morgan fingerprint density at radius 1 is 1.50 bits per heavy atom. The van der Waals surface area contributed by atoms with E-state index in [-0.39, 0.29) is 5.91 Å². The van der Waals surface area contributed by atoms with E-state index in [0.717, 1.165) is 30.4 Å². The SMILES string of the molecule is Cc1cc(C(=O)N2CCCCCC2CBr)n(C)n1. The van der Waals surface area contributed by atoms with E-state index in [1.807, 2.05) is 24.9 Å². The zero-order valence-corrected chi connectivity index (χ0v) is 12.6. The van der Waals surface area contributed by atoms with Crippen LogP contribution in [0.4, 0.5) is 0 Å². The van der Waals surface area contributed by atoms with E-state index in [0.29, 0.717) is 11.7 Å². The molecular formula is C13H20BrN3O. The molecule has 4 nitrogen and oxygen atoms in total. The van der Waals surface area contributed by atoms with Gasteiger partial charge in [-0.3, -0.25) is 9.48 Å². The summed E-state index contributed by atoms with van der Waals surface area (Å²) in [5.41, 5.74) is 1.59. The number of aromatic nitrogens is 2. The minimum Gasteiger partial charge on any atom is -0.334 e. The van der Waals surface area contributed by atoms with Crippen LogP contribution >= 0.6 is 15.9 Å². The number of amides is 1. The second-order valence-corrected chi connectivity index (χ2v) is 5.60. The van der Waals surface area contributed by atoms with Crippen LogP contribution in [0.15, 0.2) is 6.07 Å². The molecule has 1 aliphatic rings. The third-order valence-electron chi connectivity index (χ3n) is 3.54. The van der Waals surface area contributed by atoms with Gasteiger partial charge in [-0.15, -0.1) is 0 Å². The van der Waals surface area contributed by atoms with E-state index in [1.165, 1.54) is 12.8 Å². The van der Waals surface area contributed by atoms with E-state index in [9.17, 15) is 4.79 Å². The quantitative estimate of drug-likeness (QED) is 0.787. The van der Waals surface area contributed by atoms with Gasteiger partial charge in [-0.1, -0.05) is 28.8 Å². The number of carbonyl (C=O) groups is 1. The number of halogens is 1. The Kier molecular flexibility index (Phi) is 4.43. The predicted octanol–water partition coefficient (Wildman–Crippen LogP) is 2.51. The van der Waals surface area contributed by atoms with Crippen molar-refractivity contribution in [2.24, 2.45) is 7.05 Å². The lowest BCUT2D eigenvalue weighted by atomic mass is 10.1. The molecule has 18 heavy (non-hydrogen) atoms. The highest BCUT2D eigenvalue weighted by atomic mass is 79.9. The van der Waals surface area contributed by atoms with Gasteiger partial charge in [0.05, 0.1) is 5.69 Å². The molecule has 0 bridgehead atoms. The summed E-state index contributed by atoms with van der Waals surface area (Å²) >= 11 is 3.53. The fourth-order valence-electron chi connectivity index (χ4n) is 2.56. The van der Waals surface area contributed by atoms with Crippen LogP contribution in [-0.2, 0) is 7.05 Å². The van der Waals surface area contributed by atoms with Crippen molar-refractivity contribution in [1.29, 1.82) is 0 Å². The summed E-state index contributed by atoms with van der Waals surface area (Å²) in [7, 11) is 1.83. The molecule has 2 heterocycles. The molecule has 5 heteroatoms. The molecule has 0 N–H and O–H groups in total. The lowest BCUT2D eigenvalue weighted by molar-refractivity contribution is 0.0691. The molecule has 1 saturated heterocycles. The van der Waals surface area contributed by atoms with Crippen molar-refractivity contribution >= 4 is 21.8 Å². The van der Waals surface area contributed by atoms with Gasteiger partial charge in [0.1, 0.15) is 5.69 Å². The average Bonchev–Trinajstić information content (AvgIpc) is 2.56. The fourth-order valence-corrected chi connectivity index (χ4v) is 3.24. The smallest absolute Gasteiger partial charge is 0.272 e. The first-order valence-electron chi connectivity index (χ1n) is 6.51. The molecule has 100 valence electrons. The Morgan fingerprint density at radius 2 is 2.28 bits per heavy atom. The lowest BCUT2D eigenvalue weighted by Gasteiger charge is -2.28. The van der Waals surface area contributed by atoms with Crippen LogP contribution in [-0.4, -0.2) is 38.5 Å². The molecule has 1 aromatic heterocycles. The van der Waals surface area contributed by atoms with Gasteiger partial charge in [0.2, 0.25) is 0 Å². The highest BCUT2D eigenvalue weighted by Crippen LogP contribution is 2.20. The van der Waals surface area contributed by atoms with Gasteiger partial charge in [-0.05, 0) is 25.8 Å². The summed E-state index contributed by atoms with van der Waals surface area (Å²) in [6.45, 7) is 2.78. The minimum atomic E-state index is 0.115. The maximum Gasteiger partial charge on any atom is 0.272 e. The molecule has 0 spiro atoms. The molecule has 2 rings (SSSR count). The van der Waals surface area contributed by atoms with Crippen LogP contribution in [0.25, 0.3) is 0 Å². The molecular weight excluding hydrogens is 294 g/mol. The maximum absolute atomic E-state index is 12.6. The molecule has 1 aliphatic heterocycles. The van der Waals surface area contributed by atoms with Crippen molar-refractivity contribution in [3.63, 3.8) is 0 Å². The van der Waals surface area contributed by atoms with Gasteiger partial charge >= 0.3 is 0 Å². The molecule has 1 fully saturated rings. The number of likely N-dealkylation sites (tertiary alicyclic amines) is 1. The number of rotatable bonds is 2. The van der Waals surface area contributed by atoms with Gasteiger partial charge < -0.3 is 4.90 Å². The zero-order valence-electron chi connectivity index (χ0n) is 11.0. The second kappa shape index (κ2) is 5.87. The Hall–Kier alpha value is -0.840. The van der Waals surface area contributed by atoms with Gasteiger partial charge in [0, 0.05) is 25.0 Å². The summed E-state index contributed by atoms with van der Waals surface area (Å²) in [5, 5.41) is 5.12. The van der Waals surface area contributed by atoms with Crippen LogP contribution < -0.4 is 0 Å². The van der Waals surface area contributed by atoms with Crippen LogP contribution in [0.1, 0.15) is 41.9 Å². The number of hydrogen-bond acceptors (Lipinski definition) is 2. The zero-order chi connectivity index (χ0) is 13.1. The lowest BCUT2D eigenvalue weighted by Crippen LogP contribution is -2.41. The molecule has 1 aromatic rings. The molecule has 1 atom stereocenters. The highest BCUT2D eigenvalue weighted by Gasteiger charge is 2.27. The number of hydrogen-bond donors (Lipinski definition) is 0. The maximum atomic E-state index is 12.6. The van der Waals surface area contributed by atoms with Crippen molar-refractivity contribution in [2.75, 3.05) is 11.9 Å². The van der Waals surface area contributed by atoms with Crippen LogP contribution in [0.3, 0.4) is 0 Å². The predicted molar refractivity (Wildman–Crippen MR) is 75.0 cm³/mol. The third-order valence-corrected chi connectivity index (χ3v) is 4.28. The molecule has 0 aliphatic carbocycles. The standard InChI is InChI=1S/C13H20BrN3O/c1-10-8-12(16(2)15-10)13(18)17-7-5-3-4-6-11(17)9-14/h8,11H,3-7,9H2,1-2H3. The fraction of sp³-hybridized carbons (Fsp3) is 0.692. The van der Waals surface area contributed by atoms with E-state index >= 15 is 0 Å². The van der Waals surface area contributed by atoms with Crippen LogP contribution in [0, 0.1) is 6.92 Å². The Morgan fingerprint density at radius 3 is 2.89 bits per heavy atom. The highest BCUT2D eigenvalue weighted by molar-refractivity contribution is 9.09. The number of carbonyl (C=O) groups excluding carboxylic acids is 1. The van der Waals surface area contributed by atoms with E-state index < -0.39 is 0 Å². The van der Waals surface area contributed by atoms with Crippen molar-refractivity contribution in [1.82, 2.24) is 14.7 Å². The van der Waals surface area contributed by atoms with Crippen molar-refractivity contribution in [3.8, 4) is 0 Å². The Balaban J connectivity index is 2.22. The second-order valence-electron chi connectivity index (χ2n) is 4.95. The normalized spacial score (nSPS) is 20.8. The van der Waals surface area contributed by atoms with Crippen molar-refractivity contribution in [2.45, 2.75) is 38.6 Å². The summed E-state index contributed by atoms with van der Waals surface area (Å²) in [4.78, 5) is 14.6. The number of alkyl halides is 1. The van der Waals surface area contributed by atoms with E-state index in [4.69, 9.17) is 0 Å². The molecule has 0 aromatic carbocycles. The first-order valence-corrected chi connectivity index (χ1v) is 7.63. The van der Waals surface area contributed by atoms with Crippen LogP contribution in [0.5, 0.6) is 0 Å². The Labute approximate surface area is 116 Å².